The smallest absolute Gasteiger partial charge is 0.399 e. The average Bonchev–Trinajstić information content (AvgIpc) is 2.42. The molecule has 1 aliphatic heterocycles. The van der Waals surface area contributed by atoms with Crippen LogP contribution < -0.4 is 11.2 Å². The Labute approximate surface area is 110 Å². The van der Waals surface area contributed by atoms with Gasteiger partial charge in [0.15, 0.2) is 0 Å². The highest BCUT2D eigenvalue weighted by Crippen LogP contribution is 2.36. The fourth-order valence-corrected chi connectivity index (χ4v) is 2.13. The number of hydrogen-bond acceptors (Lipinski definition) is 3. The molecule has 18 heavy (non-hydrogen) atoms. The van der Waals surface area contributed by atoms with Crippen LogP contribution in [0.25, 0.3) is 0 Å². The Hall–Kier alpha value is -0.995. The van der Waals surface area contributed by atoms with E-state index in [0.717, 1.165) is 22.3 Å². The van der Waals surface area contributed by atoms with Crippen molar-refractivity contribution in [1.29, 1.82) is 0 Å². The van der Waals surface area contributed by atoms with E-state index in [0.29, 0.717) is 0 Å². The first kappa shape index (κ1) is 13.4. The summed E-state index contributed by atoms with van der Waals surface area (Å²) in [5, 5.41) is 0. The normalized spacial score (nSPS) is 21.3. The van der Waals surface area contributed by atoms with Crippen molar-refractivity contribution in [2.24, 2.45) is 0 Å². The predicted octanol–water partition coefficient (Wildman–Crippen LogP) is 2.18. The third-order valence-corrected chi connectivity index (χ3v) is 4.14. The Bertz CT molecular complexity index is 467. The summed E-state index contributed by atoms with van der Waals surface area (Å²) in [6.45, 7) is 12.3. The van der Waals surface area contributed by atoms with Crippen LogP contribution in [0.2, 0.25) is 0 Å². The third kappa shape index (κ3) is 2.04. The SMILES string of the molecule is Cc1cc(N)c(C)c(B2OC(C)(C)C(C)(C)O2)c1. The fourth-order valence-electron chi connectivity index (χ4n) is 2.13. The maximum Gasteiger partial charge on any atom is 0.495 e. The Kier molecular flexibility index (Phi) is 2.99. The van der Waals surface area contributed by atoms with E-state index in [2.05, 4.69) is 33.8 Å². The fraction of sp³-hybridized carbons (Fsp3) is 0.571. The molecule has 98 valence electrons. The topological polar surface area (TPSA) is 44.5 Å². The summed E-state index contributed by atoms with van der Waals surface area (Å²) in [6, 6.07) is 4.07. The molecule has 1 aromatic carbocycles. The van der Waals surface area contributed by atoms with Gasteiger partial charge in [-0.1, -0.05) is 6.07 Å². The average molecular weight is 247 g/mol. The molecule has 0 bridgehead atoms. The largest absolute Gasteiger partial charge is 0.495 e. The zero-order valence-electron chi connectivity index (χ0n) is 12.1. The van der Waals surface area contributed by atoms with Crippen LogP contribution in [0.15, 0.2) is 12.1 Å². The van der Waals surface area contributed by atoms with E-state index in [1.54, 1.807) is 0 Å². The molecule has 4 heteroatoms. The highest BCUT2D eigenvalue weighted by Gasteiger charge is 2.52. The van der Waals surface area contributed by atoms with Crippen LogP contribution in [0.4, 0.5) is 5.69 Å². The monoisotopic (exact) mass is 247 g/mol. The van der Waals surface area contributed by atoms with Gasteiger partial charge in [0.2, 0.25) is 0 Å². The molecule has 1 fully saturated rings. The lowest BCUT2D eigenvalue weighted by atomic mass is 9.75. The molecule has 3 nitrogen and oxygen atoms in total. The van der Waals surface area contributed by atoms with Crippen molar-refractivity contribution < 1.29 is 9.31 Å². The number of anilines is 1. The second kappa shape index (κ2) is 4.00. The molecule has 0 aliphatic carbocycles. The maximum atomic E-state index is 6.06. The van der Waals surface area contributed by atoms with Crippen molar-refractivity contribution in [2.75, 3.05) is 5.73 Å². The highest BCUT2D eigenvalue weighted by molar-refractivity contribution is 6.62. The van der Waals surface area contributed by atoms with Gasteiger partial charge in [0.05, 0.1) is 11.2 Å². The molecule has 1 aromatic rings. The van der Waals surface area contributed by atoms with Crippen LogP contribution >= 0.6 is 0 Å². The zero-order valence-corrected chi connectivity index (χ0v) is 12.1. The summed E-state index contributed by atoms with van der Waals surface area (Å²) < 4.78 is 12.1. The predicted molar refractivity (Wildman–Crippen MR) is 76.0 cm³/mol. The van der Waals surface area contributed by atoms with Gasteiger partial charge in [0.1, 0.15) is 0 Å². The standard InChI is InChI=1S/C14H22BNO2/c1-9-7-11(10(2)12(16)8-9)15-17-13(3,4)14(5,6)18-15/h7-8H,16H2,1-6H3. The number of aryl methyl sites for hydroxylation is 1. The third-order valence-electron chi connectivity index (χ3n) is 4.14. The Balaban J connectivity index is 2.41. The number of rotatable bonds is 1. The molecule has 0 amide bonds. The second-order valence-electron chi connectivity index (χ2n) is 6.16. The Morgan fingerprint density at radius 2 is 1.50 bits per heavy atom. The molecule has 0 atom stereocenters. The Morgan fingerprint density at radius 3 is 2.00 bits per heavy atom. The van der Waals surface area contributed by atoms with Gasteiger partial charge in [0, 0.05) is 5.69 Å². The maximum absolute atomic E-state index is 6.06. The molecule has 0 radical (unpaired) electrons. The minimum Gasteiger partial charge on any atom is -0.399 e. The zero-order chi connectivity index (χ0) is 13.7. The molecule has 2 N–H and O–H groups in total. The first-order valence-corrected chi connectivity index (χ1v) is 6.36. The van der Waals surface area contributed by atoms with E-state index in [9.17, 15) is 0 Å². The van der Waals surface area contributed by atoms with Crippen molar-refractivity contribution in [1.82, 2.24) is 0 Å². The number of hydrogen-bond donors (Lipinski definition) is 1. The van der Waals surface area contributed by atoms with Crippen LogP contribution in [-0.2, 0) is 9.31 Å². The van der Waals surface area contributed by atoms with E-state index in [-0.39, 0.29) is 18.3 Å². The molecular weight excluding hydrogens is 225 g/mol. The van der Waals surface area contributed by atoms with Crippen molar-refractivity contribution in [3.05, 3.63) is 23.3 Å². The quantitative estimate of drug-likeness (QED) is 0.611. The second-order valence-corrected chi connectivity index (χ2v) is 6.16. The van der Waals surface area contributed by atoms with Gasteiger partial charge in [-0.3, -0.25) is 0 Å². The van der Waals surface area contributed by atoms with Gasteiger partial charge in [-0.15, -0.1) is 0 Å². The molecule has 0 aromatic heterocycles. The van der Waals surface area contributed by atoms with Crippen molar-refractivity contribution in [2.45, 2.75) is 52.7 Å². The number of nitrogen functional groups attached to an aromatic ring is 1. The molecule has 1 aliphatic rings. The molecule has 1 saturated heterocycles. The first-order valence-electron chi connectivity index (χ1n) is 6.36. The van der Waals surface area contributed by atoms with Crippen molar-refractivity contribution in [3.8, 4) is 0 Å². The number of nitrogens with two attached hydrogens (primary N) is 1. The lowest BCUT2D eigenvalue weighted by molar-refractivity contribution is 0.00578. The lowest BCUT2D eigenvalue weighted by Crippen LogP contribution is -2.41. The van der Waals surface area contributed by atoms with Gasteiger partial charge in [-0.2, -0.15) is 0 Å². The molecule has 1 heterocycles. The summed E-state index contributed by atoms with van der Waals surface area (Å²) in [5.74, 6) is 0. The molecule has 0 saturated carbocycles. The van der Waals surface area contributed by atoms with E-state index in [4.69, 9.17) is 15.0 Å². The number of benzene rings is 1. The van der Waals surface area contributed by atoms with Gasteiger partial charge in [0.25, 0.3) is 0 Å². The van der Waals surface area contributed by atoms with Gasteiger partial charge < -0.3 is 15.0 Å². The van der Waals surface area contributed by atoms with Gasteiger partial charge in [-0.25, -0.2) is 0 Å². The molecule has 2 rings (SSSR count). The Morgan fingerprint density at radius 1 is 1.00 bits per heavy atom. The molecule has 0 unspecified atom stereocenters. The highest BCUT2D eigenvalue weighted by atomic mass is 16.7. The van der Waals surface area contributed by atoms with E-state index in [1.165, 1.54) is 0 Å². The lowest BCUT2D eigenvalue weighted by Gasteiger charge is -2.32. The van der Waals surface area contributed by atoms with Crippen LogP contribution in [0.3, 0.4) is 0 Å². The van der Waals surface area contributed by atoms with Crippen molar-refractivity contribution >= 4 is 18.3 Å². The van der Waals surface area contributed by atoms with E-state index < -0.39 is 0 Å². The van der Waals surface area contributed by atoms with Gasteiger partial charge >= 0.3 is 7.12 Å². The molecule has 0 spiro atoms. The van der Waals surface area contributed by atoms with E-state index >= 15 is 0 Å². The first-order chi connectivity index (χ1) is 8.14. The van der Waals surface area contributed by atoms with Crippen LogP contribution in [0.1, 0.15) is 38.8 Å². The molecular formula is C14H22BNO2. The summed E-state index contributed by atoms with van der Waals surface area (Å²) in [6.07, 6.45) is 0. The minimum atomic E-state index is -0.336. The van der Waals surface area contributed by atoms with E-state index in [1.807, 2.05) is 19.9 Å². The van der Waals surface area contributed by atoms with Crippen LogP contribution in [0, 0.1) is 13.8 Å². The summed E-state index contributed by atoms with van der Waals surface area (Å²) >= 11 is 0. The van der Waals surface area contributed by atoms with Crippen LogP contribution in [-0.4, -0.2) is 18.3 Å². The summed E-state index contributed by atoms with van der Waals surface area (Å²) in [5.41, 5.74) is 9.37. The summed E-state index contributed by atoms with van der Waals surface area (Å²) in [7, 11) is -0.336. The van der Waals surface area contributed by atoms with Crippen molar-refractivity contribution in [3.63, 3.8) is 0 Å². The van der Waals surface area contributed by atoms with Crippen LogP contribution in [0.5, 0.6) is 0 Å². The van der Waals surface area contributed by atoms with Gasteiger partial charge in [-0.05, 0) is 64.2 Å². The summed E-state index contributed by atoms with van der Waals surface area (Å²) in [4.78, 5) is 0. The minimum absolute atomic E-state index is 0.317.